The maximum atomic E-state index is 14.1. The van der Waals surface area contributed by atoms with Crippen LogP contribution in [0.3, 0.4) is 0 Å². The average Bonchev–Trinajstić information content (AvgIpc) is 3.99. The highest BCUT2D eigenvalue weighted by Crippen LogP contribution is 2.45. The van der Waals surface area contributed by atoms with E-state index in [1.807, 2.05) is 18.0 Å². The Bertz CT molecular complexity index is 2680. The third-order valence-electron chi connectivity index (χ3n) is 13.3. The van der Waals surface area contributed by atoms with Crippen LogP contribution in [0.5, 0.6) is 0 Å². The van der Waals surface area contributed by atoms with Crippen molar-refractivity contribution in [3.63, 3.8) is 0 Å². The number of amides is 1. The normalized spacial score (nSPS) is 15.1. The smallest absolute Gasteiger partial charge is 0.222 e. The lowest BCUT2D eigenvalue weighted by Gasteiger charge is -2.38. The molecule has 7 heteroatoms. The molecule has 2 atom stereocenters. The van der Waals surface area contributed by atoms with E-state index in [0.717, 1.165) is 86.5 Å². The molecule has 5 heterocycles. The van der Waals surface area contributed by atoms with Crippen LogP contribution in [0.15, 0.2) is 116 Å². The number of fused-ring (bicyclic) bond motifs is 8. The first-order valence-electron chi connectivity index (χ1n) is 21.9. The van der Waals surface area contributed by atoms with Crippen molar-refractivity contribution in [3.8, 4) is 0 Å². The average molecular weight is 808 g/mol. The topological polar surface area (TPSA) is 77.7 Å². The molecule has 0 saturated carbocycles. The lowest BCUT2D eigenvalue weighted by atomic mass is 9.85. The van der Waals surface area contributed by atoms with Gasteiger partial charge in [-0.15, -0.1) is 0 Å². The summed E-state index contributed by atoms with van der Waals surface area (Å²) < 4.78 is 0.572. The number of aryl methyl sites for hydroxylation is 3. The van der Waals surface area contributed by atoms with Gasteiger partial charge < -0.3 is 14.9 Å². The number of quaternary nitrogens is 1. The highest BCUT2D eigenvalue weighted by molar-refractivity contribution is 5.86. The van der Waals surface area contributed by atoms with Gasteiger partial charge in [0.2, 0.25) is 5.91 Å². The molecular formula is C54H59N6O+. The first-order valence-corrected chi connectivity index (χ1v) is 21.9. The van der Waals surface area contributed by atoms with Crippen molar-refractivity contribution in [2.45, 2.75) is 79.1 Å². The second-order valence-electron chi connectivity index (χ2n) is 16.9. The number of benzene rings is 3. The van der Waals surface area contributed by atoms with Gasteiger partial charge in [-0.2, -0.15) is 0 Å². The molecule has 0 fully saturated rings. The number of aromatic amines is 2. The molecule has 310 valence electrons. The van der Waals surface area contributed by atoms with Crippen molar-refractivity contribution < 1.29 is 4.79 Å². The number of carbonyl (C=O) groups excluding carboxylic acids is 1. The zero-order valence-electron chi connectivity index (χ0n) is 36.8. The van der Waals surface area contributed by atoms with Crippen LogP contribution in [-0.4, -0.2) is 50.9 Å². The minimum atomic E-state index is 0.0577. The number of allylic oxidation sites excluding steroid dienone is 1. The lowest BCUT2D eigenvalue weighted by molar-refractivity contribution is -0.130. The molecule has 1 amide bonds. The van der Waals surface area contributed by atoms with Crippen LogP contribution in [0, 0.1) is 20.8 Å². The SMILES string of the molecule is C=Cc1c(C)c2cc3nc(c(C)c4nc(cc5[nH]c(cc1[nH]2)c(C)c5CC)C(C)=C4)[C@@H](CCC(=O)N(C)CCC[N+](c1ccccc1)(c1ccccc1)c1ccccc1)[C@@H]3C. The molecule has 8 rings (SSSR count). The Balaban J connectivity index is 1.10. The van der Waals surface area contributed by atoms with Crippen LogP contribution >= 0.6 is 0 Å². The fraction of sp³-hybridized carbons (Fsp3) is 0.278. The quantitative estimate of drug-likeness (QED) is 0.121. The molecule has 3 aromatic heterocycles. The minimum Gasteiger partial charge on any atom is -0.355 e. The Kier molecular flexibility index (Phi) is 11.8. The Morgan fingerprint density at radius 3 is 1.95 bits per heavy atom. The molecular weight excluding hydrogens is 749 g/mol. The van der Waals surface area contributed by atoms with Gasteiger partial charge >= 0.3 is 0 Å². The van der Waals surface area contributed by atoms with Crippen LogP contribution in [0.25, 0.3) is 39.8 Å². The van der Waals surface area contributed by atoms with Gasteiger partial charge in [-0.25, -0.2) is 9.47 Å². The second kappa shape index (κ2) is 17.3. The summed E-state index contributed by atoms with van der Waals surface area (Å²) in [6.45, 7) is 18.7. The number of hydrogen-bond donors (Lipinski definition) is 2. The summed E-state index contributed by atoms with van der Waals surface area (Å²) in [5.74, 6) is 0.311. The Labute approximate surface area is 361 Å². The molecule has 61 heavy (non-hydrogen) atoms. The Hall–Kier alpha value is -6.31. The third kappa shape index (κ3) is 7.79. The van der Waals surface area contributed by atoms with E-state index in [1.165, 1.54) is 28.2 Å². The summed E-state index contributed by atoms with van der Waals surface area (Å²) in [4.78, 5) is 34.1. The van der Waals surface area contributed by atoms with Crippen LogP contribution < -0.4 is 4.48 Å². The van der Waals surface area contributed by atoms with Gasteiger partial charge in [0.05, 0.1) is 17.9 Å². The molecule has 0 spiro atoms. The maximum Gasteiger partial charge on any atom is 0.222 e. The highest BCUT2D eigenvalue weighted by Gasteiger charge is 2.36. The second-order valence-corrected chi connectivity index (χ2v) is 16.9. The van der Waals surface area contributed by atoms with Crippen LogP contribution in [-0.2, 0) is 11.2 Å². The Morgan fingerprint density at radius 2 is 1.36 bits per heavy atom. The molecule has 3 aromatic carbocycles. The molecule has 2 N–H and O–H groups in total. The van der Waals surface area contributed by atoms with Crippen molar-refractivity contribution in [2.24, 2.45) is 0 Å². The molecule has 0 saturated heterocycles. The summed E-state index contributed by atoms with van der Waals surface area (Å²) >= 11 is 0. The molecule has 0 radical (unpaired) electrons. The van der Waals surface area contributed by atoms with E-state index in [2.05, 4.69) is 173 Å². The number of aromatic nitrogens is 4. The number of nitrogens with zero attached hydrogens (tertiary/aromatic N) is 4. The number of rotatable bonds is 12. The number of hydrogen-bond acceptors (Lipinski definition) is 3. The maximum absolute atomic E-state index is 14.1. The van der Waals surface area contributed by atoms with Gasteiger partial charge in [0.1, 0.15) is 17.1 Å². The van der Waals surface area contributed by atoms with Crippen molar-refractivity contribution in [2.75, 3.05) is 20.1 Å². The van der Waals surface area contributed by atoms with Gasteiger partial charge in [-0.05, 0) is 129 Å². The highest BCUT2D eigenvalue weighted by atomic mass is 16.2. The van der Waals surface area contributed by atoms with Crippen molar-refractivity contribution >= 4 is 62.8 Å². The van der Waals surface area contributed by atoms with E-state index >= 15 is 0 Å². The Morgan fingerprint density at radius 1 is 0.770 bits per heavy atom. The van der Waals surface area contributed by atoms with E-state index in [1.54, 1.807) is 0 Å². The number of nitrogens with one attached hydrogen (secondary N) is 2. The summed E-state index contributed by atoms with van der Waals surface area (Å²) in [7, 11) is 1.96. The van der Waals surface area contributed by atoms with Gasteiger partial charge in [0.25, 0.3) is 0 Å². The summed E-state index contributed by atoms with van der Waals surface area (Å²) in [5.41, 5.74) is 18.7. The first-order chi connectivity index (χ1) is 29.5. The minimum absolute atomic E-state index is 0.0577. The third-order valence-corrected chi connectivity index (χ3v) is 13.3. The fourth-order valence-corrected chi connectivity index (χ4v) is 9.70. The zero-order valence-corrected chi connectivity index (χ0v) is 36.8. The zero-order chi connectivity index (χ0) is 42.8. The first kappa shape index (κ1) is 41.4. The molecule has 8 bridgehead atoms. The largest absolute Gasteiger partial charge is 0.355 e. The molecule has 7 nitrogen and oxygen atoms in total. The van der Waals surface area contributed by atoms with E-state index in [0.29, 0.717) is 23.9 Å². The van der Waals surface area contributed by atoms with E-state index in [4.69, 9.17) is 9.97 Å². The molecule has 0 unspecified atom stereocenters. The van der Waals surface area contributed by atoms with Crippen LogP contribution in [0.2, 0.25) is 0 Å². The lowest BCUT2D eigenvalue weighted by Crippen LogP contribution is -2.41. The van der Waals surface area contributed by atoms with Crippen LogP contribution in [0.4, 0.5) is 17.1 Å². The van der Waals surface area contributed by atoms with E-state index in [9.17, 15) is 4.79 Å². The predicted molar refractivity (Wildman–Crippen MR) is 256 cm³/mol. The molecule has 2 aliphatic heterocycles. The van der Waals surface area contributed by atoms with E-state index in [-0.39, 0.29) is 17.7 Å². The monoisotopic (exact) mass is 807 g/mol. The van der Waals surface area contributed by atoms with Gasteiger partial charge in [-0.1, -0.05) is 81.1 Å². The van der Waals surface area contributed by atoms with Crippen molar-refractivity contribution in [3.05, 3.63) is 166 Å². The van der Waals surface area contributed by atoms with E-state index < -0.39 is 0 Å². The van der Waals surface area contributed by atoms with Gasteiger partial charge in [-0.3, -0.25) is 9.78 Å². The number of para-hydroxylation sites is 3. The summed E-state index contributed by atoms with van der Waals surface area (Å²) in [5, 5.41) is 0. The molecule has 0 aliphatic carbocycles. The van der Waals surface area contributed by atoms with Crippen molar-refractivity contribution in [1.29, 1.82) is 0 Å². The fourth-order valence-electron chi connectivity index (χ4n) is 9.70. The number of H-pyrrole nitrogens is 2. The standard InChI is InChI=1S/C54H59N6O/c1-9-43-37(5)49-34-52-44(10-2)36(4)48(56-52)33-50-38(6)45(54(58-50)39(7)47-31-35(3)46(55-47)32-51(43)57-49)27-28-53(61)59(8)29-20-30-60(40-21-14-11-15-22-40,41-23-16-12-17-24-41)42-25-18-13-19-26-42/h10-19,21-26,31-34,38,45,56-57H,2,9,20,27-30H2,1,3-8H3/q+1/t38-,45-/m0/s1. The molecule has 6 aromatic rings. The molecule has 2 aliphatic rings. The number of carbonyl (C=O) groups is 1. The van der Waals surface area contributed by atoms with Gasteiger partial charge in [0.15, 0.2) is 0 Å². The van der Waals surface area contributed by atoms with Crippen LogP contribution in [0.1, 0.15) is 102 Å². The predicted octanol–water partition coefficient (Wildman–Crippen LogP) is 13.2. The van der Waals surface area contributed by atoms with Crippen molar-refractivity contribution in [1.82, 2.24) is 29.3 Å². The van der Waals surface area contributed by atoms with Gasteiger partial charge in [0, 0.05) is 77.3 Å². The summed E-state index contributed by atoms with van der Waals surface area (Å²) in [6.07, 6.45) is 6.99. The summed E-state index contributed by atoms with van der Waals surface area (Å²) in [6, 6.07) is 38.8.